The van der Waals surface area contributed by atoms with Crippen molar-refractivity contribution < 1.29 is 9.90 Å². The van der Waals surface area contributed by atoms with Crippen molar-refractivity contribution in [1.29, 1.82) is 5.26 Å². The Balaban J connectivity index is 3.32. The number of carboxylic acids is 1. The van der Waals surface area contributed by atoms with E-state index in [2.05, 4.69) is 4.98 Å². The van der Waals surface area contributed by atoms with Crippen molar-refractivity contribution in [3.63, 3.8) is 0 Å². The fourth-order valence-electron chi connectivity index (χ4n) is 0.734. The first-order chi connectivity index (χ1) is 5.65. The maximum Gasteiger partial charge on any atom is 0.338 e. The molecule has 0 saturated carbocycles. The van der Waals surface area contributed by atoms with Crippen LogP contribution < -0.4 is 5.73 Å². The normalized spacial score (nSPS) is 8.92. The lowest BCUT2D eigenvalue weighted by Crippen LogP contribution is -2.02. The van der Waals surface area contributed by atoms with E-state index in [1.807, 2.05) is 0 Å². The molecule has 12 heavy (non-hydrogen) atoms. The number of aromatic carboxylic acids is 1. The Bertz CT molecular complexity index is 367. The molecule has 5 heteroatoms. The lowest BCUT2D eigenvalue weighted by molar-refractivity contribution is 0.0696. The van der Waals surface area contributed by atoms with Gasteiger partial charge in [-0.25, -0.2) is 9.78 Å². The third-order valence-corrected chi connectivity index (χ3v) is 1.28. The van der Waals surface area contributed by atoms with E-state index in [9.17, 15) is 4.79 Å². The molecule has 0 aliphatic heterocycles. The summed E-state index contributed by atoms with van der Waals surface area (Å²) in [6.45, 7) is 0. The second-order valence-corrected chi connectivity index (χ2v) is 2.07. The predicted molar refractivity (Wildman–Crippen MR) is 40.3 cm³/mol. The average molecular weight is 163 g/mol. The quantitative estimate of drug-likeness (QED) is 0.617. The van der Waals surface area contributed by atoms with Gasteiger partial charge in [0.15, 0.2) is 0 Å². The molecular weight excluding hydrogens is 158 g/mol. The Morgan fingerprint density at radius 2 is 2.42 bits per heavy atom. The van der Waals surface area contributed by atoms with Crippen molar-refractivity contribution >= 4 is 11.8 Å². The van der Waals surface area contributed by atoms with Crippen LogP contribution in [0.2, 0.25) is 0 Å². The fourth-order valence-corrected chi connectivity index (χ4v) is 0.734. The van der Waals surface area contributed by atoms with Gasteiger partial charge in [0.05, 0.1) is 11.1 Å². The fraction of sp³-hybridized carbons (Fsp3) is 0. The summed E-state index contributed by atoms with van der Waals surface area (Å²) in [5, 5.41) is 17.1. The number of nitriles is 1. The number of hydrogen-bond donors (Lipinski definition) is 2. The highest BCUT2D eigenvalue weighted by molar-refractivity contribution is 5.90. The summed E-state index contributed by atoms with van der Waals surface area (Å²) in [7, 11) is 0. The van der Waals surface area contributed by atoms with Crippen LogP contribution >= 0.6 is 0 Å². The maximum absolute atomic E-state index is 10.5. The minimum Gasteiger partial charge on any atom is -0.478 e. The Labute approximate surface area is 68.1 Å². The standard InChI is InChI=1S/C7H5N3O2/c8-2-4-1-6(9)10-3-5(4)7(11)12/h1,3H,(H2,9,10)(H,11,12). The van der Waals surface area contributed by atoms with Gasteiger partial charge >= 0.3 is 5.97 Å². The van der Waals surface area contributed by atoms with Crippen LogP contribution in [0.1, 0.15) is 15.9 Å². The molecule has 0 aliphatic rings. The highest BCUT2D eigenvalue weighted by Crippen LogP contribution is 2.08. The molecule has 0 unspecified atom stereocenters. The molecule has 5 nitrogen and oxygen atoms in total. The number of carbonyl (C=O) groups is 1. The molecule has 0 spiro atoms. The first kappa shape index (κ1) is 8.01. The number of hydrogen-bond acceptors (Lipinski definition) is 4. The first-order valence-corrected chi connectivity index (χ1v) is 3.04. The van der Waals surface area contributed by atoms with Crippen molar-refractivity contribution in [1.82, 2.24) is 4.98 Å². The van der Waals surface area contributed by atoms with Gasteiger partial charge in [-0.3, -0.25) is 0 Å². The summed E-state index contributed by atoms with van der Waals surface area (Å²) < 4.78 is 0. The Morgan fingerprint density at radius 1 is 1.75 bits per heavy atom. The second kappa shape index (κ2) is 2.88. The third-order valence-electron chi connectivity index (χ3n) is 1.28. The zero-order valence-corrected chi connectivity index (χ0v) is 5.98. The van der Waals surface area contributed by atoms with Crippen LogP contribution in [0.3, 0.4) is 0 Å². The van der Waals surface area contributed by atoms with Crippen LogP contribution in [0.15, 0.2) is 12.3 Å². The van der Waals surface area contributed by atoms with Crippen LogP contribution in [0, 0.1) is 11.3 Å². The van der Waals surface area contributed by atoms with E-state index >= 15 is 0 Å². The number of rotatable bonds is 1. The molecule has 3 N–H and O–H groups in total. The zero-order chi connectivity index (χ0) is 9.14. The van der Waals surface area contributed by atoms with Crippen LogP contribution in [0.25, 0.3) is 0 Å². The average Bonchev–Trinajstić information content (AvgIpc) is 2.03. The SMILES string of the molecule is N#Cc1cc(N)ncc1C(=O)O. The highest BCUT2D eigenvalue weighted by Gasteiger charge is 2.09. The van der Waals surface area contributed by atoms with Crippen molar-refractivity contribution in [3.8, 4) is 6.07 Å². The molecule has 1 aromatic rings. The van der Waals surface area contributed by atoms with E-state index in [4.69, 9.17) is 16.1 Å². The molecule has 1 rings (SSSR count). The third kappa shape index (κ3) is 1.32. The highest BCUT2D eigenvalue weighted by atomic mass is 16.4. The topological polar surface area (TPSA) is 100 Å². The second-order valence-electron chi connectivity index (χ2n) is 2.07. The van der Waals surface area contributed by atoms with E-state index < -0.39 is 5.97 Å². The molecule has 0 radical (unpaired) electrons. The Kier molecular flexibility index (Phi) is 1.92. The van der Waals surface area contributed by atoms with E-state index in [1.54, 1.807) is 6.07 Å². The molecule has 1 aromatic heterocycles. The summed E-state index contributed by atoms with van der Waals surface area (Å²) in [5.41, 5.74) is 5.14. The van der Waals surface area contributed by atoms with Crippen molar-refractivity contribution in [2.24, 2.45) is 0 Å². The van der Waals surface area contributed by atoms with Gasteiger partial charge in [0.25, 0.3) is 0 Å². The van der Waals surface area contributed by atoms with Gasteiger partial charge in [0, 0.05) is 6.20 Å². The minimum absolute atomic E-state index is 0.0231. The molecular formula is C7H5N3O2. The number of carboxylic acid groups (broad SMARTS) is 1. The maximum atomic E-state index is 10.5. The number of anilines is 1. The number of nitrogen functional groups attached to an aromatic ring is 1. The first-order valence-electron chi connectivity index (χ1n) is 3.04. The molecule has 60 valence electrons. The number of aromatic nitrogens is 1. The van der Waals surface area contributed by atoms with Crippen LogP contribution in [0.5, 0.6) is 0 Å². The van der Waals surface area contributed by atoms with Gasteiger partial charge in [-0.1, -0.05) is 0 Å². The lowest BCUT2D eigenvalue weighted by Gasteiger charge is -1.97. The smallest absolute Gasteiger partial charge is 0.338 e. The summed E-state index contributed by atoms with van der Waals surface area (Å²) in [4.78, 5) is 14.0. The monoisotopic (exact) mass is 163 g/mol. The van der Waals surface area contributed by atoms with Gasteiger partial charge in [-0.2, -0.15) is 5.26 Å². The molecule has 0 saturated heterocycles. The molecule has 1 heterocycles. The molecule has 0 bridgehead atoms. The number of pyridine rings is 1. The largest absolute Gasteiger partial charge is 0.478 e. The summed E-state index contributed by atoms with van der Waals surface area (Å²) in [6.07, 6.45) is 1.07. The van der Waals surface area contributed by atoms with Crippen LogP contribution in [0.4, 0.5) is 5.82 Å². The van der Waals surface area contributed by atoms with E-state index in [-0.39, 0.29) is 16.9 Å². The minimum atomic E-state index is -1.18. The molecule has 0 amide bonds. The van der Waals surface area contributed by atoms with Gasteiger partial charge in [-0.15, -0.1) is 0 Å². The van der Waals surface area contributed by atoms with Gasteiger partial charge in [0.1, 0.15) is 11.9 Å². The number of nitrogens with zero attached hydrogens (tertiary/aromatic N) is 2. The Hall–Kier alpha value is -2.09. The molecule has 0 atom stereocenters. The lowest BCUT2D eigenvalue weighted by atomic mass is 10.1. The van der Waals surface area contributed by atoms with Gasteiger partial charge < -0.3 is 10.8 Å². The van der Waals surface area contributed by atoms with Crippen molar-refractivity contribution in [2.45, 2.75) is 0 Å². The predicted octanol–water partition coefficient (Wildman–Crippen LogP) is 0.234. The molecule has 0 aliphatic carbocycles. The van der Waals surface area contributed by atoms with Gasteiger partial charge in [-0.05, 0) is 6.07 Å². The van der Waals surface area contributed by atoms with Crippen molar-refractivity contribution in [3.05, 3.63) is 23.4 Å². The zero-order valence-electron chi connectivity index (χ0n) is 5.98. The molecule has 0 aromatic carbocycles. The van der Waals surface area contributed by atoms with E-state index in [0.717, 1.165) is 6.20 Å². The number of nitrogens with two attached hydrogens (primary N) is 1. The van der Waals surface area contributed by atoms with E-state index in [0.29, 0.717) is 0 Å². The van der Waals surface area contributed by atoms with Crippen molar-refractivity contribution in [2.75, 3.05) is 5.73 Å². The Morgan fingerprint density at radius 3 is 2.92 bits per heavy atom. The summed E-state index contributed by atoms with van der Waals surface area (Å²) in [6, 6.07) is 2.94. The van der Waals surface area contributed by atoms with Crippen LogP contribution in [-0.2, 0) is 0 Å². The van der Waals surface area contributed by atoms with E-state index in [1.165, 1.54) is 6.07 Å². The summed E-state index contributed by atoms with van der Waals surface area (Å²) in [5.74, 6) is -1.05. The molecule has 0 fully saturated rings. The van der Waals surface area contributed by atoms with Crippen LogP contribution in [-0.4, -0.2) is 16.1 Å². The van der Waals surface area contributed by atoms with Gasteiger partial charge in [0.2, 0.25) is 0 Å². The summed E-state index contributed by atoms with van der Waals surface area (Å²) >= 11 is 0.